The second-order valence-electron chi connectivity index (χ2n) is 4.62. The van der Waals surface area contributed by atoms with Crippen molar-refractivity contribution in [1.82, 2.24) is 16.0 Å². The highest BCUT2D eigenvalue weighted by Crippen LogP contribution is 2.18. The second-order valence-corrected chi connectivity index (χ2v) is 4.62. The standard InChI is InChI=1S/C11H21N3O2/c1-8(2)7-13-10(15)5-6-12-11(16)14-9-3-4-9/h8-9H,3-7H2,1-2H3,(H,13,15)(H2,12,14,16). The Morgan fingerprint density at radius 2 is 1.94 bits per heavy atom. The molecule has 92 valence electrons. The molecule has 1 saturated carbocycles. The summed E-state index contributed by atoms with van der Waals surface area (Å²) in [4.78, 5) is 22.5. The molecule has 3 amide bonds. The largest absolute Gasteiger partial charge is 0.356 e. The van der Waals surface area contributed by atoms with Gasteiger partial charge in [0.1, 0.15) is 0 Å². The first-order chi connectivity index (χ1) is 7.58. The van der Waals surface area contributed by atoms with Crippen LogP contribution >= 0.6 is 0 Å². The number of hydrogen-bond donors (Lipinski definition) is 3. The molecule has 1 fully saturated rings. The van der Waals surface area contributed by atoms with Gasteiger partial charge in [-0.2, -0.15) is 0 Å². The molecule has 0 atom stereocenters. The Morgan fingerprint density at radius 3 is 2.50 bits per heavy atom. The van der Waals surface area contributed by atoms with Gasteiger partial charge < -0.3 is 16.0 Å². The van der Waals surface area contributed by atoms with E-state index >= 15 is 0 Å². The van der Waals surface area contributed by atoms with Gasteiger partial charge in [-0.15, -0.1) is 0 Å². The normalized spacial score (nSPS) is 14.7. The summed E-state index contributed by atoms with van der Waals surface area (Å²) in [6.07, 6.45) is 2.48. The molecular formula is C11H21N3O2. The van der Waals surface area contributed by atoms with Gasteiger partial charge in [0, 0.05) is 25.6 Å². The van der Waals surface area contributed by atoms with Gasteiger partial charge in [0.15, 0.2) is 0 Å². The Kier molecular flexibility index (Phi) is 5.08. The van der Waals surface area contributed by atoms with E-state index in [9.17, 15) is 9.59 Å². The summed E-state index contributed by atoms with van der Waals surface area (Å²) in [7, 11) is 0. The van der Waals surface area contributed by atoms with Crippen molar-refractivity contribution < 1.29 is 9.59 Å². The van der Waals surface area contributed by atoms with Crippen molar-refractivity contribution in [3.8, 4) is 0 Å². The van der Waals surface area contributed by atoms with E-state index in [0.717, 1.165) is 12.8 Å². The van der Waals surface area contributed by atoms with Crippen LogP contribution in [0.2, 0.25) is 0 Å². The van der Waals surface area contributed by atoms with Crippen LogP contribution in [0, 0.1) is 5.92 Å². The molecule has 0 saturated heterocycles. The van der Waals surface area contributed by atoms with Gasteiger partial charge in [0.2, 0.25) is 5.91 Å². The molecule has 5 nitrogen and oxygen atoms in total. The van der Waals surface area contributed by atoms with Gasteiger partial charge in [-0.05, 0) is 18.8 Å². The Hall–Kier alpha value is -1.26. The maximum absolute atomic E-state index is 11.3. The quantitative estimate of drug-likeness (QED) is 0.622. The van der Waals surface area contributed by atoms with Crippen LogP contribution in [-0.4, -0.2) is 31.1 Å². The molecule has 0 aromatic heterocycles. The average Bonchev–Trinajstić information content (AvgIpc) is 2.98. The third-order valence-electron chi connectivity index (χ3n) is 2.26. The third kappa shape index (κ3) is 6.27. The Labute approximate surface area is 96.4 Å². The summed E-state index contributed by atoms with van der Waals surface area (Å²) in [6.45, 7) is 5.17. The number of amides is 3. The van der Waals surface area contributed by atoms with Crippen LogP contribution in [0.3, 0.4) is 0 Å². The van der Waals surface area contributed by atoms with E-state index in [2.05, 4.69) is 16.0 Å². The molecular weight excluding hydrogens is 206 g/mol. The van der Waals surface area contributed by atoms with E-state index in [1.807, 2.05) is 13.8 Å². The monoisotopic (exact) mass is 227 g/mol. The van der Waals surface area contributed by atoms with Gasteiger partial charge in [-0.1, -0.05) is 13.8 Å². The highest BCUT2D eigenvalue weighted by molar-refractivity contribution is 5.78. The lowest BCUT2D eigenvalue weighted by molar-refractivity contribution is -0.121. The van der Waals surface area contributed by atoms with Crippen molar-refractivity contribution in [1.29, 1.82) is 0 Å². The van der Waals surface area contributed by atoms with Crippen molar-refractivity contribution in [2.45, 2.75) is 39.2 Å². The number of carbonyl (C=O) groups excluding carboxylic acids is 2. The number of urea groups is 1. The zero-order chi connectivity index (χ0) is 12.0. The minimum atomic E-state index is -0.167. The van der Waals surface area contributed by atoms with Gasteiger partial charge in [0.05, 0.1) is 0 Å². The molecule has 0 spiro atoms. The SMILES string of the molecule is CC(C)CNC(=O)CCNC(=O)NC1CC1. The fourth-order valence-electron chi connectivity index (χ4n) is 1.16. The maximum atomic E-state index is 11.3. The highest BCUT2D eigenvalue weighted by atomic mass is 16.2. The molecule has 0 unspecified atom stereocenters. The molecule has 0 bridgehead atoms. The summed E-state index contributed by atoms with van der Waals surface area (Å²) in [5.41, 5.74) is 0. The van der Waals surface area contributed by atoms with Crippen LogP contribution in [0.5, 0.6) is 0 Å². The van der Waals surface area contributed by atoms with Crippen molar-refractivity contribution in [2.24, 2.45) is 5.92 Å². The molecule has 0 heterocycles. The lowest BCUT2D eigenvalue weighted by Gasteiger charge is -2.08. The van der Waals surface area contributed by atoms with Crippen LogP contribution in [0.25, 0.3) is 0 Å². The molecule has 3 N–H and O–H groups in total. The topological polar surface area (TPSA) is 70.2 Å². The first kappa shape index (κ1) is 12.8. The molecule has 1 aliphatic rings. The number of nitrogens with one attached hydrogen (secondary N) is 3. The zero-order valence-corrected chi connectivity index (χ0v) is 10.0. The van der Waals surface area contributed by atoms with E-state index in [1.54, 1.807) is 0 Å². The van der Waals surface area contributed by atoms with Crippen LogP contribution in [0.4, 0.5) is 4.79 Å². The highest BCUT2D eigenvalue weighted by Gasteiger charge is 2.22. The minimum absolute atomic E-state index is 0.0135. The average molecular weight is 227 g/mol. The van der Waals surface area contributed by atoms with Crippen LogP contribution < -0.4 is 16.0 Å². The van der Waals surface area contributed by atoms with E-state index < -0.39 is 0 Å². The van der Waals surface area contributed by atoms with Gasteiger partial charge in [0.25, 0.3) is 0 Å². The van der Waals surface area contributed by atoms with E-state index in [1.165, 1.54) is 0 Å². The van der Waals surface area contributed by atoms with E-state index in [0.29, 0.717) is 31.5 Å². The summed E-state index contributed by atoms with van der Waals surface area (Å²) < 4.78 is 0. The molecule has 0 aromatic carbocycles. The van der Waals surface area contributed by atoms with E-state index in [-0.39, 0.29) is 11.9 Å². The fourth-order valence-corrected chi connectivity index (χ4v) is 1.16. The predicted molar refractivity (Wildman–Crippen MR) is 62.0 cm³/mol. The summed E-state index contributed by atoms with van der Waals surface area (Å²) >= 11 is 0. The number of hydrogen-bond acceptors (Lipinski definition) is 2. The van der Waals surface area contributed by atoms with Crippen LogP contribution in [0.1, 0.15) is 33.1 Å². The first-order valence-electron chi connectivity index (χ1n) is 5.89. The van der Waals surface area contributed by atoms with Gasteiger partial charge in [-0.25, -0.2) is 4.79 Å². The van der Waals surface area contributed by atoms with Crippen molar-refractivity contribution in [3.05, 3.63) is 0 Å². The lowest BCUT2D eigenvalue weighted by Crippen LogP contribution is -2.39. The predicted octanol–water partition coefficient (Wildman–Crippen LogP) is 0.610. The fraction of sp³-hybridized carbons (Fsp3) is 0.818. The Bertz CT molecular complexity index is 250. The number of rotatable bonds is 6. The second kappa shape index (κ2) is 6.35. The van der Waals surface area contributed by atoms with Crippen molar-refractivity contribution in [3.63, 3.8) is 0 Å². The molecule has 0 radical (unpaired) electrons. The first-order valence-corrected chi connectivity index (χ1v) is 5.89. The molecule has 16 heavy (non-hydrogen) atoms. The molecule has 0 aliphatic heterocycles. The third-order valence-corrected chi connectivity index (χ3v) is 2.26. The molecule has 1 aliphatic carbocycles. The van der Waals surface area contributed by atoms with Gasteiger partial charge >= 0.3 is 6.03 Å². The Morgan fingerprint density at radius 1 is 1.25 bits per heavy atom. The van der Waals surface area contributed by atoms with Crippen molar-refractivity contribution in [2.75, 3.05) is 13.1 Å². The molecule has 1 rings (SSSR count). The smallest absolute Gasteiger partial charge is 0.315 e. The van der Waals surface area contributed by atoms with Crippen LogP contribution in [-0.2, 0) is 4.79 Å². The minimum Gasteiger partial charge on any atom is -0.356 e. The summed E-state index contributed by atoms with van der Waals surface area (Å²) in [5, 5.41) is 8.26. The lowest BCUT2D eigenvalue weighted by atomic mass is 10.2. The molecule has 0 aromatic rings. The van der Waals surface area contributed by atoms with Crippen LogP contribution in [0.15, 0.2) is 0 Å². The Balaban J connectivity index is 1.96. The van der Waals surface area contributed by atoms with Gasteiger partial charge in [-0.3, -0.25) is 4.79 Å². The maximum Gasteiger partial charge on any atom is 0.315 e. The van der Waals surface area contributed by atoms with Crippen molar-refractivity contribution >= 4 is 11.9 Å². The van der Waals surface area contributed by atoms with E-state index in [4.69, 9.17) is 0 Å². The molecule has 5 heteroatoms. The number of carbonyl (C=O) groups is 2. The summed E-state index contributed by atoms with van der Waals surface area (Å²) in [6, 6.07) is 0.189. The summed E-state index contributed by atoms with van der Waals surface area (Å²) in [5.74, 6) is 0.440. The zero-order valence-electron chi connectivity index (χ0n) is 10.0.